The van der Waals surface area contributed by atoms with Crippen LogP contribution in [-0.2, 0) is 28.5 Å². The molecule has 0 bridgehead atoms. The van der Waals surface area contributed by atoms with Gasteiger partial charge >= 0.3 is 11.9 Å². The highest BCUT2D eigenvalue weighted by atomic mass is 16.7. The van der Waals surface area contributed by atoms with Crippen LogP contribution in [0.3, 0.4) is 0 Å². The maximum Gasteiger partial charge on any atom is 0.323 e. The molecule has 23 heavy (non-hydrogen) atoms. The third-order valence-electron chi connectivity index (χ3n) is 4.85. The predicted molar refractivity (Wildman–Crippen MR) is 82.5 cm³/mol. The molecule has 0 aromatic carbocycles. The highest BCUT2D eigenvalue weighted by Gasteiger charge is 2.72. The maximum absolute atomic E-state index is 12.5. The van der Waals surface area contributed by atoms with Crippen LogP contribution in [0.2, 0.25) is 0 Å². The van der Waals surface area contributed by atoms with E-state index in [0.717, 1.165) is 0 Å². The summed E-state index contributed by atoms with van der Waals surface area (Å²) in [6, 6.07) is 0. The van der Waals surface area contributed by atoms with Crippen molar-refractivity contribution in [2.75, 3.05) is 14.2 Å². The van der Waals surface area contributed by atoms with Crippen LogP contribution in [0.15, 0.2) is 0 Å². The van der Waals surface area contributed by atoms with Crippen LogP contribution >= 0.6 is 0 Å². The van der Waals surface area contributed by atoms with E-state index >= 15 is 0 Å². The summed E-state index contributed by atoms with van der Waals surface area (Å²) in [5.41, 5.74) is -1.28. The molecule has 2 rings (SSSR count). The van der Waals surface area contributed by atoms with Crippen molar-refractivity contribution in [3.63, 3.8) is 0 Å². The molecule has 132 valence electrons. The molecule has 0 N–H and O–H groups in total. The first-order chi connectivity index (χ1) is 10.6. The summed E-state index contributed by atoms with van der Waals surface area (Å²) >= 11 is 0. The van der Waals surface area contributed by atoms with E-state index in [2.05, 4.69) is 0 Å². The number of methoxy groups -OCH3 is 2. The molecule has 0 radical (unpaired) electrons. The van der Waals surface area contributed by atoms with Gasteiger partial charge in [-0.3, -0.25) is 9.59 Å². The second kappa shape index (κ2) is 6.06. The Labute approximate surface area is 137 Å². The predicted octanol–water partition coefficient (Wildman–Crippen LogP) is 2.44. The lowest BCUT2D eigenvalue weighted by atomic mass is 9.43. The first kappa shape index (κ1) is 18.2. The van der Waals surface area contributed by atoms with E-state index in [1.165, 1.54) is 0 Å². The number of ether oxygens (including phenoxy) is 4. The zero-order valence-electron chi connectivity index (χ0n) is 14.9. The fraction of sp³-hybridized carbons (Fsp3) is 0.882. The summed E-state index contributed by atoms with van der Waals surface area (Å²) in [5.74, 6) is -1.54. The van der Waals surface area contributed by atoms with Gasteiger partial charge in [0.2, 0.25) is 0 Å². The van der Waals surface area contributed by atoms with Gasteiger partial charge in [-0.1, -0.05) is 0 Å². The van der Waals surface area contributed by atoms with Crippen molar-refractivity contribution in [2.24, 2.45) is 10.8 Å². The van der Waals surface area contributed by atoms with Crippen molar-refractivity contribution in [3.8, 4) is 0 Å². The molecule has 0 heterocycles. The molecule has 2 fully saturated rings. The van der Waals surface area contributed by atoms with Gasteiger partial charge < -0.3 is 18.9 Å². The molecule has 0 unspecified atom stereocenters. The molecule has 0 aromatic rings. The van der Waals surface area contributed by atoms with E-state index in [0.29, 0.717) is 25.7 Å². The summed E-state index contributed by atoms with van der Waals surface area (Å²) in [6.07, 6.45) is 1.71. The van der Waals surface area contributed by atoms with E-state index < -0.39 is 23.1 Å². The molecule has 0 atom stereocenters. The van der Waals surface area contributed by atoms with Gasteiger partial charge in [-0.2, -0.15) is 0 Å². The average Bonchev–Trinajstić information content (AvgIpc) is 2.35. The van der Waals surface area contributed by atoms with Gasteiger partial charge in [0.15, 0.2) is 11.2 Å². The largest absolute Gasteiger partial charge is 0.462 e. The molecule has 6 heteroatoms. The second-order valence-corrected chi connectivity index (χ2v) is 7.52. The lowest BCUT2D eigenvalue weighted by Crippen LogP contribution is -2.67. The van der Waals surface area contributed by atoms with Crippen LogP contribution < -0.4 is 0 Å². The summed E-state index contributed by atoms with van der Waals surface area (Å²) < 4.78 is 21.5. The Balaban J connectivity index is 2.11. The van der Waals surface area contributed by atoms with Gasteiger partial charge in [0, 0.05) is 27.1 Å². The molecule has 2 aliphatic carbocycles. The van der Waals surface area contributed by atoms with Crippen LogP contribution in [0.4, 0.5) is 0 Å². The van der Waals surface area contributed by atoms with Crippen LogP contribution in [0, 0.1) is 10.8 Å². The molecule has 0 aliphatic heterocycles. The Morgan fingerprint density at radius 3 is 1.48 bits per heavy atom. The minimum absolute atomic E-state index is 0.0992. The standard InChI is InChI=1S/C17H28O6/c1-11(2)22-13(18)16(14(19)23-12(3)4)7-15(8-16)9-17(10-15,20-5)21-6/h11-12H,7-10H2,1-6H3. The fourth-order valence-electron chi connectivity index (χ4n) is 3.97. The van der Waals surface area contributed by atoms with E-state index in [9.17, 15) is 9.59 Å². The minimum Gasteiger partial charge on any atom is -0.462 e. The molecule has 2 saturated carbocycles. The van der Waals surface area contributed by atoms with Gasteiger partial charge in [-0.05, 0) is 46.0 Å². The number of hydrogen-bond acceptors (Lipinski definition) is 6. The van der Waals surface area contributed by atoms with Crippen molar-refractivity contribution in [1.29, 1.82) is 0 Å². The number of carbonyl (C=O) groups is 2. The number of carbonyl (C=O) groups excluding carboxylic acids is 2. The summed E-state index contributed by atoms with van der Waals surface area (Å²) in [4.78, 5) is 25.0. The third kappa shape index (κ3) is 3.11. The fourth-order valence-corrected chi connectivity index (χ4v) is 3.97. The van der Waals surface area contributed by atoms with Crippen molar-refractivity contribution in [3.05, 3.63) is 0 Å². The first-order valence-electron chi connectivity index (χ1n) is 8.15. The Morgan fingerprint density at radius 1 is 0.783 bits per heavy atom. The van der Waals surface area contributed by atoms with Crippen molar-refractivity contribution in [2.45, 2.75) is 71.4 Å². The minimum atomic E-state index is -1.18. The Bertz CT molecular complexity index is 437. The number of esters is 2. The second-order valence-electron chi connectivity index (χ2n) is 7.52. The van der Waals surface area contributed by atoms with Crippen LogP contribution in [-0.4, -0.2) is 44.2 Å². The zero-order chi connectivity index (χ0) is 17.5. The molecular formula is C17H28O6. The van der Waals surface area contributed by atoms with E-state index in [4.69, 9.17) is 18.9 Å². The summed E-state index contributed by atoms with van der Waals surface area (Å²) in [6.45, 7) is 7.10. The molecule has 2 aliphatic rings. The van der Waals surface area contributed by atoms with E-state index in [-0.39, 0.29) is 17.6 Å². The smallest absolute Gasteiger partial charge is 0.323 e. The van der Waals surface area contributed by atoms with Crippen LogP contribution in [0.1, 0.15) is 53.4 Å². The van der Waals surface area contributed by atoms with Crippen molar-refractivity contribution in [1.82, 2.24) is 0 Å². The monoisotopic (exact) mass is 328 g/mol. The molecule has 0 aromatic heterocycles. The Hall–Kier alpha value is -1.14. The SMILES string of the molecule is COC1(OC)CC2(C1)CC(C(=O)OC(C)C)(C(=O)OC(C)C)C2. The number of rotatable bonds is 6. The molecular weight excluding hydrogens is 300 g/mol. The summed E-state index contributed by atoms with van der Waals surface area (Å²) in [7, 11) is 3.23. The van der Waals surface area contributed by atoms with Gasteiger partial charge in [0.1, 0.15) is 0 Å². The maximum atomic E-state index is 12.5. The van der Waals surface area contributed by atoms with Gasteiger partial charge in [-0.25, -0.2) is 0 Å². The molecule has 0 saturated heterocycles. The Kier molecular flexibility index (Phi) is 4.79. The first-order valence-corrected chi connectivity index (χ1v) is 8.15. The van der Waals surface area contributed by atoms with Crippen molar-refractivity contribution < 1.29 is 28.5 Å². The highest BCUT2D eigenvalue weighted by molar-refractivity contribution is 6.01. The lowest BCUT2D eigenvalue weighted by molar-refractivity contribution is -0.326. The average molecular weight is 328 g/mol. The van der Waals surface area contributed by atoms with Gasteiger partial charge in [-0.15, -0.1) is 0 Å². The third-order valence-corrected chi connectivity index (χ3v) is 4.85. The quantitative estimate of drug-likeness (QED) is 0.424. The topological polar surface area (TPSA) is 71.1 Å². The van der Waals surface area contributed by atoms with Gasteiger partial charge in [0.05, 0.1) is 12.2 Å². The highest BCUT2D eigenvalue weighted by Crippen LogP contribution is 2.69. The summed E-state index contributed by atoms with van der Waals surface area (Å²) in [5, 5.41) is 0. The zero-order valence-corrected chi connectivity index (χ0v) is 14.9. The number of hydrogen-bond donors (Lipinski definition) is 0. The van der Waals surface area contributed by atoms with Crippen LogP contribution in [0.5, 0.6) is 0 Å². The van der Waals surface area contributed by atoms with Crippen LogP contribution in [0.25, 0.3) is 0 Å². The van der Waals surface area contributed by atoms with E-state index in [1.807, 2.05) is 0 Å². The normalized spacial score (nSPS) is 23.3. The van der Waals surface area contributed by atoms with Crippen molar-refractivity contribution >= 4 is 11.9 Å². The molecule has 0 amide bonds. The Morgan fingerprint density at radius 2 is 1.17 bits per heavy atom. The molecule has 1 spiro atoms. The van der Waals surface area contributed by atoms with E-state index in [1.54, 1.807) is 41.9 Å². The molecule has 6 nitrogen and oxygen atoms in total. The van der Waals surface area contributed by atoms with Gasteiger partial charge in [0.25, 0.3) is 0 Å². The lowest BCUT2D eigenvalue weighted by Gasteiger charge is -2.63.